The van der Waals surface area contributed by atoms with Crippen LogP contribution in [0.3, 0.4) is 0 Å². The summed E-state index contributed by atoms with van der Waals surface area (Å²) in [5.41, 5.74) is 6.27. The summed E-state index contributed by atoms with van der Waals surface area (Å²) < 4.78 is 26.2. The maximum absolute atomic E-state index is 11.9. The Morgan fingerprint density at radius 2 is 2.12 bits per heavy atom. The minimum Gasteiger partial charge on any atom is -0.329 e. The maximum atomic E-state index is 11.9. The second-order valence-corrected chi connectivity index (χ2v) is 5.78. The van der Waals surface area contributed by atoms with Crippen molar-refractivity contribution in [3.05, 3.63) is 28.8 Å². The molecule has 16 heavy (non-hydrogen) atoms. The number of rotatable bonds is 4. The van der Waals surface area contributed by atoms with Crippen molar-refractivity contribution in [2.45, 2.75) is 24.8 Å². The normalized spacial score (nSPS) is 13.8. The van der Waals surface area contributed by atoms with Crippen LogP contribution < -0.4 is 10.5 Å². The summed E-state index contributed by atoms with van der Waals surface area (Å²) in [6.07, 6.45) is 0. The molecule has 1 rings (SSSR count). The number of benzene rings is 1. The molecular formula is C10H15ClN2O2S. The highest BCUT2D eigenvalue weighted by atomic mass is 35.5. The molecule has 0 radical (unpaired) electrons. The maximum Gasteiger partial charge on any atom is 0.242 e. The van der Waals surface area contributed by atoms with Crippen molar-refractivity contribution >= 4 is 21.6 Å². The van der Waals surface area contributed by atoms with E-state index in [4.69, 9.17) is 17.3 Å². The Bertz CT molecular complexity index is 474. The molecule has 4 nitrogen and oxygen atoms in total. The summed E-state index contributed by atoms with van der Waals surface area (Å²) in [6, 6.07) is 4.49. The molecule has 0 aliphatic carbocycles. The summed E-state index contributed by atoms with van der Waals surface area (Å²) in [5.74, 6) is 0. The number of hydrogen-bond acceptors (Lipinski definition) is 3. The van der Waals surface area contributed by atoms with Crippen LogP contribution in [0.5, 0.6) is 0 Å². The Morgan fingerprint density at radius 3 is 2.62 bits per heavy atom. The topological polar surface area (TPSA) is 72.2 Å². The Balaban J connectivity index is 3.08. The van der Waals surface area contributed by atoms with Gasteiger partial charge in [-0.05, 0) is 31.5 Å². The molecule has 6 heteroatoms. The summed E-state index contributed by atoms with van der Waals surface area (Å²) >= 11 is 5.89. The van der Waals surface area contributed by atoms with Gasteiger partial charge in [0.15, 0.2) is 0 Å². The van der Waals surface area contributed by atoms with Crippen LogP contribution in [0.1, 0.15) is 12.5 Å². The highest BCUT2D eigenvalue weighted by molar-refractivity contribution is 7.89. The molecule has 1 aromatic carbocycles. The molecule has 0 aromatic heterocycles. The number of nitrogens with one attached hydrogen (secondary N) is 1. The van der Waals surface area contributed by atoms with Crippen molar-refractivity contribution in [1.82, 2.24) is 4.72 Å². The smallest absolute Gasteiger partial charge is 0.242 e. The second kappa shape index (κ2) is 5.14. The van der Waals surface area contributed by atoms with Crippen LogP contribution in [0.25, 0.3) is 0 Å². The summed E-state index contributed by atoms with van der Waals surface area (Å²) in [5, 5.41) is 0.219. The Morgan fingerprint density at radius 1 is 1.50 bits per heavy atom. The molecule has 0 fully saturated rings. The van der Waals surface area contributed by atoms with Gasteiger partial charge in [-0.25, -0.2) is 13.1 Å². The predicted molar refractivity (Wildman–Crippen MR) is 65.0 cm³/mol. The number of halogens is 1. The lowest BCUT2D eigenvalue weighted by Gasteiger charge is -2.13. The van der Waals surface area contributed by atoms with E-state index in [1.165, 1.54) is 6.07 Å². The van der Waals surface area contributed by atoms with Gasteiger partial charge in [0.25, 0.3) is 0 Å². The van der Waals surface area contributed by atoms with E-state index >= 15 is 0 Å². The molecule has 0 saturated heterocycles. The Kier molecular flexibility index (Phi) is 4.32. The lowest BCUT2D eigenvalue weighted by Crippen LogP contribution is -2.37. The first-order chi connectivity index (χ1) is 7.36. The lowest BCUT2D eigenvalue weighted by molar-refractivity contribution is 0.563. The quantitative estimate of drug-likeness (QED) is 0.858. The van der Waals surface area contributed by atoms with Crippen molar-refractivity contribution in [3.63, 3.8) is 0 Å². The fraction of sp³-hybridized carbons (Fsp3) is 0.400. The van der Waals surface area contributed by atoms with Crippen molar-refractivity contribution in [3.8, 4) is 0 Å². The van der Waals surface area contributed by atoms with Crippen LogP contribution in [0.15, 0.2) is 23.1 Å². The first kappa shape index (κ1) is 13.4. The van der Waals surface area contributed by atoms with Gasteiger partial charge in [-0.3, -0.25) is 0 Å². The largest absolute Gasteiger partial charge is 0.329 e. The first-order valence-corrected chi connectivity index (χ1v) is 6.71. The first-order valence-electron chi connectivity index (χ1n) is 4.85. The highest BCUT2D eigenvalue weighted by Gasteiger charge is 2.19. The molecule has 90 valence electrons. The molecule has 1 aromatic rings. The van der Waals surface area contributed by atoms with Gasteiger partial charge in [-0.1, -0.05) is 17.7 Å². The van der Waals surface area contributed by atoms with Crippen molar-refractivity contribution in [1.29, 1.82) is 0 Å². The lowest BCUT2D eigenvalue weighted by atomic mass is 10.2. The van der Waals surface area contributed by atoms with E-state index < -0.39 is 10.0 Å². The fourth-order valence-corrected chi connectivity index (χ4v) is 3.06. The molecular weight excluding hydrogens is 248 g/mol. The summed E-state index contributed by atoms with van der Waals surface area (Å²) in [6.45, 7) is 3.78. The number of nitrogens with two attached hydrogens (primary N) is 1. The fourth-order valence-electron chi connectivity index (χ4n) is 1.20. The van der Waals surface area contributed by atoms with Crippen molar-refractivity contribution in [2.75, 3.05) is 6.54 Å². The standard InChI is InChI=1S/C10H15ClN2O2S/c1-7-3-4-10(9(11)5-7)16(14,15)13-8(2)6-12/h3-5,8,13H,6,12H2,1-2H3. The molecule has 1 unspecified atom stereocenters. The van der Waals surface area contributed by atoms with E-state index in [1.807, 2.05) is 6.92 Å². The van der Waals surface area contributed by atoms with Crippen LogP contribution in [0.2, 0.25) is 5.02 Å². The van der Waals surface area contributed by atoms with E-state index in [1.54, 1.807) is 19.1 Å². The Labute approximate surface area is 101 Å². The number of sulfonamides is 1. The van der Waals surface area contributed by atoms with Gasteiger partial charge in [-0.15, -0.1) is 0 Å². The van der Waals surface area contributed by atoms with Crippen LogP contribution in [-0.4, -0.2) is 21.0 Å². The molecule has 0 amide bonds. The van der Waals surface area contributed by atoms with Gasteiger partial charge in [0, 0.05) is 12.6 Å². The third-order valence-corrected chi connectivity index (χ3v) is 4.16. The molecule has 3 N–H and O–H groups in total. The minimum atomic E-state index is -3.58. The molecule has 1 atom stereocenters. The third kappa shape index (κ3) is 3.18. The zero-order valence-electron chi connectivity index (χ0n) is 9.20. The zero-order valence-corrected chi connectivity index (χ0v) is 10.8. The predicted octanol–water partition coefficient (Wildman–Crippen LogP) is 1.27. The molecule has 0 aliphatic heterocycles. The van der Waals surface area contributed by atoms with E-state index in [-0.39, 0.29) is 22.5 Å². The van der Waals surface area contributed by atoms with E-state index in [0.29, 0.717) is 0 Å². The van der Waals surface area contributed by atoms with Crippen LogP contribution in [0.4, 0.5) is 0 Å². The zero-order chi connectivity index (χ0) is 12.3. The SMILES string of the molecule is Cc1ccc(S(=O)(=O)NC(C)CN)c(Cl)c1. The Hall–Kier alpha value is -0.620. The molecule has 0 aliphatic rings. The van der Waals surface area contributed by atoms with Crippen LogP contribution >= 0.6 is 11.6 Å². The summed E-state index contributed by atoms with van der Waals surface area (Å²) in [7, 11) is -3.58. The van der Waals surface area contributed by atoms with Gasteiger partial charge in [0.1, 0.15) is 4.90 Å². The third-order valence-electron chi connectivity index (χ3n) is 2.09. The second-order valence-electron chi connectivity index (χ2n) is 3.69. The van der Waals surface area contributed by atoms with Gasteiger partial charge in [0.05, 0.1) is 5.02 Å². The summed E-state index contributed by atoms with van der Waals surface area (Å²) in [4.78, 5) is 0.0834. The van der Waals surface area contributed by atoms with Crippen molar-refractivity contribution < 1.29 is 8.42 Å². The van der Waals surface area contributed by atoms with Gasteiger partial charge < -0.3 is 5.73 Å². The van der Waals surface area contributed by atoms with E-state index in [0.717, 1.165) is 5.56 Å². The van der Waals surface area contributed by atoms with Gasteiger partial charge >= 0.3 is 0 Å². The van der Waals surface area contributed by atoms with E-state index in [9.17, 15) is 8.42 Å². The molecule has 0 spiro atoms. The van der Waals surface area contributed by atoms with Gasteiger partial charge in [0.2, 0.25) is 10.0 Å². The van der Waals surface area contributed by atoms with Crippen LogP contribution in [0, 0.1) is 6.92 Å². The monoisotopic (exact) mass is 262 g/mol. The van der Waals surface area contributed by atoms with Gasteiger partial charge in [-0.2, -0.15) is 0 Å². The highest BCUT2D eigenvalue weighted by Crippen LogP contribution is 2.22. The number of hydrogen-bond donors (Lipinski definition) is 2. The average Bonchev–Trinajstić information content (AvgIpc) is 2.16. The van der Waals surface area contributed by atoms with Crippen molar-refractivity contribution in [2.24, 2.45) is 5.73 Å². The molecule has 0 heterocycles. The molecule has 0 saturated carbocycles. The minimum absolute atomic E-state index is 0.0834. The van der Waals surface area contributed by atoms with E-state index in [2.05, 4.69) is 4.72 Å². The molecule has 0 bridgehead atoms. The average molecular weight is 263 g/mol. The number of aryl methyl sites for hydroxylation is 1. The van der Waals surface area contributed by atoms with Crippen LogP contribution in [-0.2, 0) is 10.0 Å².